The van der Waals surface area contributed by atoms with Crippen molar-refractivity contribution in [1.29, 1.82) is 0 Å². The number of fused-ring (bicyclic) bond motifs is 1. The number of nitrogens with one attached hydrogen (secondary N) is 1. The number of benzene rings is 1. The van der Waals surface area contributed by atoms with Crippen molar-refractivity contribution in [2.75, 3.05) is 7.11 Å². The van der Waals surface area contributed by atoms with Crippen molar-refractivity contribution in [3.63, 3.8) is 0 Å². The fourth-order valence-corrected chi connectivity index (χ4v) is 5.17. The molecule has 0 radical (unpaired) electrons. The third-order valence-electron chi connectivity index (χ3n) is 7.44. The maximum atomic E-state index is 13.4. The van der Waals surface area contributed by atoms with Gasteiger partial charge in [0.05, 0.1) is 18.7 Å². The minimum atomic E-state index is -2.18. The maximum absolute atomic E-state index is 13.4. The number of amides is 1. The molecular formula is C33H46N2O8Si. The first-order chi connectivity index (χ1) is 20.6. The SMILES string of the molecule is CO/N=C/C=C/C(=O)N/C=C/C[C@H]1CC(=O)O[C@@H](C)C=C[C@H](O[Si](C)(C)C(C)(C)C)/C(C)=C\Cc2cccc(O)c2C(=O)O1. The number of hydrogen-bond donors (Lipinski definition) is 2. The van der Waals surface area contributed by atoms with E-state index in [0.717, 1.165) is 5.57 Å². The number of oxime groups is 1. The Balaban J connectivity index is 2.38. The number of phenolic OH excluding ortho intramolecular Hbond substituents is 1. The highest BCUT2D eigenvalue weighted by molar-refractivity contribution is 6.74. The van der Waals surface area contributed by atoms with Crippen LogP contribution < -0.4 is 5.32 Å². The highest BCUT2D eigenvalue weighted by atomic mass is 28.4. The van der Waals surface area contributed by atoms with E-state index in [-0.39, 0.29) is 35.3 Å². The van der Waals surface area contributed by atoms with Gasteiger partial charge in [-0.2, -0.15) is 0 Å². The molecule has 0 aromatic heterocycles. The van der Waals surface area contributed by atoms with E-state index in [9.17, 15) is 19.5 Å². The number of nitrogens with zero attached hydrogens (tertiary/aromatic N) is 1. The van der Waals surface area contributed by atoms with Crippen molar-refractivity contribution in [3.05, 3.63) is 77.6 Å². The second kappa shape index (κ2) is 16.8. The lowest BCUT2D eigenvalue weighted by atomic mass is 10.0. The third-order valence-corrected chi connectivity index (χ3v) is 11.9. The largest absolute Gasteiger partial charge is 0.507 e. The first kappa shape index (κ1) is 36.2. The fourth-order valence-electron chi connectivity index (χ4n) is 3.91. The van der Waals surface area contributed by atoms with Crippen molar-refractivity contribution < 1.29 is 38.2 Å². The molecular weight excluding hydrogens is 580 g/mol. The van der Waals surface area contributed by atoms with Crippen LogP contribution in [0.1, 0.15) is 63.4 Å². The molecule has 1 aromatic rings. The van der Waals surface area contributed by atoms with E-state index in [2.05, 4.69) is 49.2 Å². The first-order valence-corrected chi connectivity index (χ1v) is 17.5. The molecule has 0 unspecified atom stereocenters. The monoisotopic (exact) mass is 626 g/mol. The average molecular weight is 627 g/mol. The summed E-state index contributed by atoms with van der Waals surface area (Å²) in [6.45, 7) is 14.6. The smallest absolute Gasteiger partial charge is 0.342 e. The molecule has 3 atom stereocenters. The summed E-state index contributed by atoms with van der Waals surface area (Å²) >= 11 is 0. The van der Waals surface area contributed by atoms with E-state index in [1.54, 1.807) is 31.2 Å². The van der Waals surface area contributed by atoms with Crippen LogP contribution in [0.4, 0.5) is 0 Å². The summed E-state index contributed by atoms with van der Waals surface area (Å²) in [6, 6.07) is 4.84. The van der Waals surface area contributed by atoms with Crippen molar-refractivity contribution in [2.45, 2.75) is 90.3 Å². The first-order valence-electron chi connectivity index (χ1n) is 14.6. The summed E-state index contributed by atoms with van der Waals surface area (Å²) in [6.07, 6.45) is 11.0. The average Bonchev–Trinajstić information content (AvgIpc) is 2.93. The van der Waals surface area contributed by atoms with Gasteiger partial charge in [-0.05, 0) is 67.8 Å². The molecule has 0 bridgehead atoms. The van der Waals surface area contributed by atoms with Gasteiger partial charge in [-0.25, -0.2) is 4.79 Å². The number of esters is 2. The Morgan fingerprint density at radius 1 is 1.20 bits per heavy atom. The number of rotatable bonds is 8. The van der Waals surface area contributed by atoms with Crippen LogP contribution in [0, 0.1) is 0 Å². The third kappa shape index (κ3) is 11.6. The molecule has 44 heavy (non-hydrogen) atoms. The highest BCUT2D eigenvalue weighted by Crippen LogP contribution is 2.38. The molecule has 1 aliphatic heterocycles. The number of carbonyl (C=O) groups is 3. The summed E-state index contributed by atoms with van der Waals surface area (Å²) in [5, 5.41) is 16.7. The van der Waals surface area contributed by atoms with Crippen LogP contribution in [-0.2, 0) is 34.7 Å². The van der Waals surface area contributed by atoms with Crippen molar-refractivity contribution in [2.24, 2.45) is 5.16 Å². The quantitative estimate of drug-likeness (QED) is 0.0911. The Morgan fingerprint density at radius 2 is 1.93 bits per heavy atom. The van der Waals surface area contributed by atoms with Gasteiger partial charge in [0.1, 0.15) is 30.6 Å². The summed E-state index contributed by atoms with van der Waals surface area (Å²) < 4.78 is 18.1. The van der Waals surface area contributed by atoms with Gasteiger partial charge < -0.3 is 29.2 Å². The van der Waals surface area contributed by atoms with Crippen molar-refractivity contribution in [1.82, 2.24) is 5.32 Å². The standard InChI is InChI=1S/C33H46N2O8Si/c1-23-16-18-25-12-9-14-27(36)31(25)32(39)42-26(13-10-20-34-29(37)15-11-21-35-40-6)22-30(38)41-24(2)17-19-28(23)43-44(7,8)33(3,4)5/h9-12,14-17,19-21,24,26,28,36H,13,18,22H2,1-8H3,(H,34,37)/b15-11+,19-17?,20-10+,23-16-,35-21+/t24-,26-,28-/m0/s1. The van der Waals surface area contributed by atoms with Gasteiger partial charge in [-0.1, -0.05) is 56.3 Å². The van der Waals surface area contributed by atoms with Crippen LogP contribution in [0.3, 0.4) is 0 Å². The number of cyclic esters (lactones) is 2. The van der Waals surface area contributed by atoms with Gasteiger partial charge in [0, 0.05) is 18.7 Å². The molecule has 0 saturated carbocycles. The second-order valence-corrected chi connectivity index (χ2v) is 16.8. The highest BCUT2D eigenvalue weighted by Gasteiger charge is 2.39. The molecule has 0 spiro atoms. The minimum absolute atomic E-state index is 0.0238. The Hall–Kier alpha value is -3.96. The van der Waals surface area contributed by atoms with Crippen LogP contribution in [0.15, 0.2) is 71.6 Å². The Bertz CT molecular complexity index is 1310. The van der Waals surface area contributed by atoms with E-state index >= 15 is 0 Å². The number of phenols is 1. The number of carbonyl (C=O) groups excluding carboxylic acids is 3. The number of aromatic hydroxyl groups is 1. The Kier molecular flexibility index (Phi) is 13.8. The summed E-state index contributed by atoms with van der Waals surface area (Å²) in [5.41, 5.74) is 1.52. The van der Waals surface area contributed by atoms with Crippen LogP contribution >= 0.6 is 0 Å². The molecule has 1 aromatic carbocycles. The van der Waals surface area contributed by atoms with Crippen LogP contribution in [-0.4, -0.2) is 62.9 Å². The summed E-state index contributed by atoms with van der Waals surface area (Å²) in [5.74, 6) is -1.98. The predicted octanol–water partition coefficient (Wildman–Crippen LogP) is 5.90. The number of allylic oxidation sites excluding steroid dienone is 2. The van der Waals surface area contributed by atoms with Gasteiger partial charge in [0.15, 0.2) is 8.32 Å². The lowest BCUT2D eigenvalue weighted by Gasteiger charge is -2.39. The zero-order chi connectivity index (χ0) is 32.9. The van der Waals surface area contributed by atoms with Crippen molar-refractivity contribution in [3.8, 4) is 5.75 Å². The summed E-state index contributed by atoms with van der Waals surface area (Å²) in [7, 11) is -0.794. The maximum Gasteiger partial charge on any atom is 0.342 e. The topological polar surface area (TPSA) is 133 Å². The van der Waals surface area contributed by atoms with Crippen LogP contribution in [0.2, 0.25) is 18.1 Å². The number of ether oxygens (including phenoxy) is 2. The molecule has 10 nitrogen and oxygen atoms in total. The molecule has 240 valence electrons. The van der Waals surface area contributed by atoms with Crippen molar-refractivity contribution >= 4 is 32.4 Å². The molecule has 2 rings (SSSR count). The van der Waals surface area contributed by atoms with Gasteiger partial charge in [0.2, 0.25) is 5.91 Å². The van der Waals surface area contributed by atoms with E-state index in [0.29, 0.717) is 12.0 Å². The van der Waals surface area contributed by atoms with Gasteiger partial charge in [-0.15, -0.1) is 0 Å². The molecule has 1 heterocycles. The van der Waals surface area contributed by atoms with E-state index in [4.69, 9.17) is 13.9 Å². The van der Waals surface area contributed by atoms with Gasteiger partial charge in [-0.3, -0.25) is 9.59 Å². The molecule has 2 N–H and O–H groups in total. The van der Waals surface area contributed by atoms with Gasteiger partial charge in [0.25, 0.3) is 0 Å². The Morgan fingerprint density at radius 3 is 2.61 bits per heavy atom. The fraction of sp³-hybridized carbons (Fsp3) is 0.455. The van der Waals surface area contributed by atoms with Crippen LogP contribution in [0.5, 0.6) is 5.75 Å². The molecule has 1 aliphatic rings. The zero-order valence-corrected chi connectivity index (χ0v) is 28.0. The van der Waals surface area contributed by atoms with Gasteiger partial charge >= 0.3 is 11.9 Å². The molecule has 1 amide bonds. The van der Waals surface area contributed by atoms with Crippen LogP contribution in [0.25, 0.3) is 0 Å². The van der Waals surface area contributed by atoms with E-state index in [1.165, 1.54) is 37.7 Å². The predicted molar refractivity (Wildman–Crippen MR) is 173 cm³/mol. The number of hydrogen-bond acceptors (Lipinski definition) is 9. The molecule has 11 heteroatoms. The summed E-state index contributed by atoms with van der Waals surface area (Å²) in [4.78, 5) is 42.8. The normalized spacial score (nSPS) is 22.1. The van der Waals surface area contributed by atoms with E-state index < -0.39 is 38.4 Å². The zero-order valence-electron chi connectivity index (χ0n) is 27.0. The lowest BCUT2D eigenvalue weighted by molar-refractivity contribution is -0.148. The Labute approximate surface area is 261 Å². The minimum Gasteiger partial charge on any atom is -0.507 e. The molecule has 0 fully saturated rings. The second-order valence-electron chi connectivity index (χ2n) is 12.0. The van der Waals surface area contributed by atoms with E-state index in [1.807, 2.05) is 19.1 Å². The molecule has 0 saturated heterocycles. The lowest BCUT2D eigenvalue weighted by Crippen LogP contribution is -2.43. The molecule has 0 aliphatic carbocycles.